The summed E-state index contributed by atoms with van der Waals surface area (Å²) in [5, 5.41) is 16.0. The summed E-state index contributed by atoms with van der Waals surface area (Å²) in [6.45, 7) is 0. The lowest BCUT2D eigenvalue weighted by atomic mass is 10.0. The largest absolute Gasteiger partial charge is 0.302 e. The summed E-state index contributed by atoms with van der Waals surface area (Å²) in [4.78, 5) is 26.8. The molecule has 3 rings (SSSR count). The average Bonchev–Trinajstić information content (AvgIpc) is 3.19. The van der Waals surface area contributed by atoms with E-state index in [2.05, 4.69) is 10.3 Å². The number of hydrogen-bond acceptors (Lipinski definition) is 5. The zero-order chi connectivity index (χ0) is 16.2. The van der Waals surface area contributed by atoms with Crippen LogP contribution in [0.3, 0.4) is 0 Å². The number of anilines is 1. The fourth-order valence-corrected chi connectivity index (χ4v) is 3.63. The van der Waals surface area contributed by atoms with Gasteiger partial charge in [-0.1, -0.05) is 25.0 Å². The number of benzene rings is 1. The molecule has 0 atom stereocenters. The molecule has 0 aliphatic heterocycles. The summed E-state index contributed by atoms with van der Waals surface area (Å²) in [7, 11) is 0. The molecule has 1 N–H and O–H groups in total. The lowest BCUT2D eigenvalue weighted by Gasteiger charge is -2.07. The second kappa shape index (κ2) is 6.87. The Hall–Kier alpha value is -2.28. The molecule has 0 unspecified atom stereocenters. The third kappa shape index (κ3) is 3.92. The number of nitro groups is 1. The van der Waals surface area contributed by atoms with E-state index in [1.807, 2.05) is 0 Å². The van der Waals surface area contributed by atoms with E-state index in [1.165, 1.54) is 36.3 Å². The van der Waals surface area contributed by atoms with Gasteiger partial charge < -0.3 is 5.32 Å². The van der Waals surface area contributed by atoms with Crippen molar-refractivity contribution < 1.29 is 9.72 Å². The zero-order valence-corrected chi connectivity index (χ0v) is 13.3. The van der Waals surface area contributed by atoms with Gasteiger partial charge in [0.1, 0.15) is 0 Å². The highest BCUT2D eigenvalue weighted by atomic mass is 32.1. The SMILES string of the molecule is O=C(CC1CCCC1)Nc1nc(-c2cccc([N+](=O)[O-])c2)cs1. The number of carbonyl (C=O) groups excluding carboxylic acids is 1. The van der Waals surface area contributed by atoms with E-state index < -0.39 is 4.92 Å². The fraction of sp³-hybridized carbons (Fsp3) is 0.375. The summed E-state index contributed by atoms with van der Waals surface area (Å²) < 4.78 is 0. The van der Waals surface area contributed by atoms with E-state index >= 15 is 0 Å². The van der Waals surface area contributed by atoms with Crippen LogP contribution >= 0.6 is 11.3 Å². The Morgan fingerprint density at radius 2 is 2.17 bits per heavy atom. The number of aromatic nitrogens is 1. The van der Waals surface area contributed by atoms with Crippen molar-refractivity contribution in [1.29, 1.82) is 0 Å². The number of hydrogen-bond donors (Lipinski definition) is 1. The molecule has 1 heterocycles. The van der Waals surface area contributed by atoms with E-state index in [0.717, 1.165) is 12.8 Å². The predicted molar refractivity (Wildman–Crippen MR) is 89.4 cm³/mol. The smallest absolute Gasteiger partial charge is 0.270 e. The van der Waals surface area contributed by atoms with Gasteiger partial charge in [0.05, 0.1) is 10.6 Å². The van der Waals surface area contributed by atoms with Crippen LogP contribution in [0.25, 0.3) is 11.3 Å². The number of thiazole rings is 1. The van der Waals surface area contributed by atoms with E-state index in [0.29, 0.717) is 28.7 Å². The first kappa shape index (κ1) is 15.6. The van der Waals surface area contributed by atoms with Gasteiger partial charge in [0, 0.05) is 29.5 Å². The molecule has 7 heteroatoms. The van der Waals surface area contributed by atoms with Gasteiger partial charge in [-0.2, -0.15) is 0 Å². The second-order valence-corrected chi connectivity index (χ2v) is 6.61. The minimum absolute atomic E-state index is 0.00292. The molecule has 6 nitrogen and oxygen atoms in total. The number of nitrogens with one attached hydrogen (secondary N) is 1. The van der Waals surface area contributed by atoms with Gasteiger partial charge in [-0.05, 0) is 18.8 Å². The van der Waals surface area contributed by atoms with Gasteiger partial charge in [-0.25, -0.2) is 4.98 Å². The van der Waals surface area contributed by atoms with Gasteiger partial charge in [0.2, 0.25) is 5.91 Å². The number of nitrogens with zero attached hydrogens (tertiary/aromatic N) is 2. The lowest BCUT2D eigenvalue weighted by molar-refractivity contribution is -0.384. The fourth-order valence-electron chi connectivity index (χ4n) is 2.89. The van der Waals surface area contributed by atoms with Crippen molar-refractivity contribution >= 4 is 28.1 Å². The molecule has 1 aliphatic carbocycles. The van der Waals surface area contributed by atoms with Crippen LogP contribution in [0.15, 0.2) is 29.6 Å². The molecular formula is C16H17N3O3S. The van der Waals surface area contributed by atoms with Crippen LogP contribution in [-0.4, -0.2) is 15.8 Å². The molecule has 1 saturated carbocycles. The maximum Gasteiger partial charge on any atom is 0.270 e. The highest BCUT2D eigenvalue weighted by Crippen LogP contribution is 2.29. The molecule has 1 aliphatic rings. The third-order valence-corrected chi connectivity index (χ3v) is 4.81. The van der Waals surface area contributed by atoms with Crippen LogP contribution < -0.4 is 5.32 Å². The molecule has 1 amide bonds. The number of rotatable bonds is 5. The molecule has 0 bridgehead atoms. The Kier molecular flexibility index (Phi) is 4.66. The van der Waals surface area contributed by atoms with E-state index in [9.17, 15) is 14.9 Å². The van der Waals surface area contributed by atoms with Crippen LogP contribution in [0, 0.1) is 16.0 Å². The molecule has 0 spiro atoms. The standard InChI is InChI=1S/C16H17N3O3S/c20-15(8-11-4-1-2-5-11)18-16-17-14(10-23-16)12-6-3-7-13(9-12)19(21)22/h3,6-7,9-11H,1-2,4-5,8H2,(H,17,18,20). The van der Waals surface area contributed by atoms with Crippen molar-refractivity contribution in [2.45, 2.75) is 32.1 Å². The van der Waals surface area contributed by atoms with Gasteiger partial charge in [-0.3, -0.25) is 14.9 Å². The summed E-state index contributed by atoms with van der Waals surface area (Å²) in [6, 6.07) is 6.33. The van der Waals surface area contributed by atoms with Crippen LogP contribution in [0.5, 0.6) is 0 Å². The molecule has 23 heavy (non-hydrogen) atoms. The summed E-state index contributed by atoms with van der Waals surface area (Å²) >= 11 is 1.33. The van der Waals surface area contributed by atoms with E-state index in [1.54, 1.807) is 17.5 Å². The monoisotopic (exact) mass is 331 g/mol. The lowest BCUT2D eigenvalue weighted by Crippen LogP contribution is -2.14. The number of nitro benzene ring substituents is 1. The van der Waals surface area contributed by atoms with Crippen molar-refractivity contribution in [2.24, 2.45) is 5.92 Å². The molecule has 1 aromatic carbocycles. The second-order valence-electron chi connectivity index (χ2n) is 5.75. The third-order valence-electron chi connectivity index (χ3n) is 4.05. The Morgan fingerprint density at radius 3 is 2.91 bits per heavy atom. The average molecular weight is 331 g/mol. The summed E-state index contributed by atoms with van der Waals surface area (Å²) in [5.74, 6) is 0.489. The van der Waals surface area contributed by atoms with Gasteiger partial charge in [0.25, 0.3) is 5.69 Å². The Labute approximate surface area is 137 Å². The maximum absolute atomic E-state index is 12.0. The van der Waals surface area contributed by atoms with Gasteiger partial charge in [-0.15, -0.1) is 11.3 Å². The molecule has 0 radical (unpaired) electrons. The molecule has 2 aromatic rings. The van der Waals surface area contributed by atoms with Crippen LogP contribution in [0.1, 0.15) is 32.1 Å². The minimum atomic E-state index is -0.430. The Balaban J connectivity index is 1.66. The van der Waals surface area contributed by atoms with Crippen molar-refractivity contribution in [3.05, 3.63) is 39.8 Å². The first-order chi connectivity index (χ1) is 11.1. The first-order valence-electron chi connectivity index (χ1n) is 7.62. The first-order valence-corrected chi connectivity index (χ1v) is 8.50. The molecular weight excluding hydrogens is 314 g/mol. The van der Waals surface area contributed by atoms with Crippen molar-refractivity contribution in [3.8, 4) is 11.3 Å². The minimum Gasteiger partial charge on any atom is -0.302 e. The molecule has 0 saturated heterocycles. The molecule has 120 valence electrons. The highest BCUT2D eigenvalue weighted by molar-refractivity contribution is 7.14. The number of non-ortho nitro benzene ring substituents is 1. The van der Waals surface area contributed by atoms with E-state index in [4.69, 9.17) is 0 Å². The van der Waals surface area contributed by atoms with Crippen LogP contribution in [0.4, 0.5) is 10.8 Å². The quantitative estimate of drug-likeness (QED) is 0.656. The van der Waals surface area contributed by atoms with E-state index in [-0.39, 0.29) is 11.6 Å². The maximum atomic E-state index is 12.0. The topological polar surface area (TPSA) is 85.1 Å². The van der Waals surface area contributed by atoms with Crippen molar-refractivity contribution in [1.82, 2.24) is 4.98 Å². The van der Waals surface area contributed by atoms with Crippen molar-refractivity contribution in [3.63, 3.8) is 0 Å². The normalized spacial score (nSPS) is 14.8. The number of carbonyl (C=O) groups is 1. The van der Waals surface area contributed by atoms with Crippen molar-refractivity contribution in [2.75, 3.05) is 5.32 Å². The number of amides is 1. The zero-order valence-electron chi connectivity index (χ0n) is 12.5. The highest BCUT2D eigenvalue weighted by Gasteiger charge is 2.19. The molecule has 1 aromatic heterocycles. The van der Waals surface area contributed by atoms with Gasteiger partial charge in [0.15, 0.2) is 5.13 Å². The Morgan fingerprint density at radius 1 is 1.39 bits per heavy atom. The predicted octanol–water partition coefficient (Wildman–Crippen LogP) is 4.24. The summed E-state index contributed by atoms with van der Waals surface area (Å²) in [6.07, 6.45) is 5.23. The van der Waals surface area contributed by atoms with Crippen LogP contribution in [0.2, 0.25) is 0 Å². The summed E-state index contributed by atoms with van der Waals surface area (Å²) in [5.41, 5.74) is 1.34. The Bertz CT molecular complexity index is 723. The molecule has 1 fully saturated rings. The van der Waals surface area contributed by atoms with Crippen LogP contribution in [-0.2, 0) is 4.79 Å². The van der Waals surface area contributed by atoms with Gasteiger partial charge >= 0.3 is 0 Å².